The number of phenols is 1. The molecule has 0 radical (unpaired) electrons. The normalized spacial score (nSPS) is 24.2. The maximum absolute atomic E-state index is 14.1. The van der Waals surface area contributed by atoms with Gasteiger partial charge in [-0.3, -0.25) is 19.3 Å². The highest BCUT2D eigenvalue weighted by atomic mass is 16.5. The number of carbonyl (C=O) groups excluding carboxylic acids is 4. The van der Waals surface area contributed by atoms with Crippen LogP contribution in [0.4, 0.5) is 10.5 Å². The van der Waals surface area contributed by atoms with E-state index >= 15 is 0 Å². The van der Waals surface area contributed by atoms with Crippen molar-refractivity contribution in [2.45, 2.75) is 37.6 Å². The number of likely N-dealkylation sites (N-methyl/N-ethyl adjacent to an activating group) is 1. The number of benzene rings is 2. The van der Waals surface area contributed by atoms with Crippen molar-refractivity contribution in [1.29, 1.82) is 0 Å². The van der Waals surface area contributed by atoms with Gasteiger partial charge in [0.05, 0.1) is 11.6 Å². The monoisotopic (exact) mass is 620 g/mol. The number of alkyl carbamates (subject to hydrolysis) is 1. The summed E-state index contributed by atoms with van der Waals surface area (Å²) in [7, 11) is 6.61. The number of ketones is 2. The third-order valence-electron chi connectivity index (χ3n) is 8.89. The predicted molar refractivity (Wildman–Crippen MR) is 162 cm³/mol. The number of nitrogens with two attached hydrogens (primary N) is 1. The number of hydrogen-bond acceptors (Lipinski definition) is 11. The molecule has 3 aliphatic carbocycles. The molecule has 0 aromatic heterocycles. The Morgan fingerprint density at radius 3 is 2.36 bits per heavy atom. The Bertz CT molecular complexity index is 1660. The third-order valence-corrected chi connectivity index (χ3v) is 8.89. The van der Waals surface area contributed by atoms with Gasteiger partial charge in [-0.05, 0) is 50.0 Å². The number of rotatable bonds is 7. The van der Waals surface area contributed by atoms with Gasteiger partial charge in [0.15, 0.2) is 11.4 Å². The fraction of sp³-hybridized carbons (Fsp3) is 0.375. The van der Waals surface area contributed by atoms with Crippen LogP contribution in [0.1, 0.15) is 28.7 Å². The van der Waals surface area contributed by atoms with Gasteiger partial charge in [-0.1, -0.05) is 30.3 Å². The minimum atomic E-state index is -2.73. The molecule has 2 aromatic carbocycles. The number of ether oxygens (including phenoxy) is 1. The van der Waals surface area contributed by atoms with E-state index in [0.717, 1.165) is 5.56 Å². The van der Waals surface area contributed by atoms with Gasteiger partial charge in [-0.15, -0.1) is 0 Å². The minimum absolute atomic E-state index is 0.0179. The molecule has 0 bridgehead atoms. The van der Waals surface area contributed by atoms with E-state index in [9.17, 15) is 39.6 Å². The number of Topliss-reactive ketones (excluding diaryl/α,β-unsaturated/α-hetero) is 2. The maximum Gasteiger partial charge on any atom is 0.407 e. The van der Waals surface area contributed by atoms with Crippen molar-refractivity contribution in [2.75, 3.05) is 33.1 Å². The molecule has 13 nitrogen and oxygen atoms in total. The van der Waals surface area contributed by atoms with Crippen molar-refractivity contribution in [2.24, 2.45) is 17.6 Å². The molecule has 2 aromatic rings. The zero-order valence-electron chi connectivity index (χ0n) is 25.3. The Kier molecular flexibility index (Phi) is 8.10. The lowest BCUT2D eigenvalue weighted by atomic mass is 9.57. The first kappa shape index (κ1) is 31.5. The largest absolute Gasteiger partial charge is 0.508 e. The lowest BCUT2D eigenvalue weighted by Gasteiger charge is -2.50. The number of nitrogens with zero attached hydrogens (tertiary/aromatic N) is 2. The molecule has 7 N–H and O–H groups in total. The summed E-state index contributed by atoms with van der Waals surface area (Å²) in [5.74, 6) is -7.24. The fourth-order valence-corrected chi connectivity index (χ4v) is 6.82. The molecular weight excluding hydrogens is 584 g/mol. The topological polar surface area (TPSA) is 203 Å². The van der Waals surface area contributed by atoms with E-state index in [1.165, 1.54) is 4.90 Å². The molecule has 1 saturated carbocycles. The van der Waals surface area contributed by atoms with E-state index in [0.29, 0.717) is 11.3 Å². The van der Waals surface area contributed by atoms with Gasteiger partial charge in [-0.2, -0.15) is 0 Å². The van der Waals surface area contributed by atoms with Crippen molar-refractivity contribution in [3.8, 4) is 5.75 Å². The van der Waals surface area contributed by atoms with Crippen LogP contribution in [-0.2, 0) is 38.7 Å². The average molecular weight is 621 g/mol. The molecule has 0 aliphatic heterocycles. The van der Waals surface area contributed by atoms with Crippen LogP contribution in [0, 0.1) is 11.8 Å². The molecule has 5 rings (SSSR count). The number of anilines is 1. The zero-order chi connectivity index (χ0) is 33.0. The summed E-state index contributed by atoms with van der Waals surface area (Å²) in [6.07, 6.45) is -0.617. The highest BCUT2D eigenvalue weighted by Crippen LogP contribution is 2.54. The van der Waals surface area contributed by atoms with E-state index in [1.807, 2.05) is 18.2 Å². The van der Waals surface area contributed by atoms with Crippen LogP contribution in [0.2, 0.25) is 0 Å². The number of carbonyl (C=O) groups is 4. The van der Waals surface area contributed by atoms with E-state index in [2.05, 4.69) is 5.32 Å². The summed E-state index contributed by atoms with van der Waals surface area (Å²) in [4.78, 5) is 55.2. The second kappa shape index (κ2) is 11.6. The lowest BCUT2D eigenvalue weighted by Crippen LogP contribution is -2.65. The number of aromatic hydroxyl groups is 1. The first-order valence-corrected chi connectivity index (χ1v) is 14.3. The quantitative estimate of drug-likeness (QED) is 0.245. The molecule has 0 heterocycles. The SMILES string of the molecule is CN(C)c1cc(CNC(=O)OCc2ccccc2)c(O)c2c1CC1CC3[C@H](N(C)C)C(=O)C(C(N)=O)=C(O)[C@@]3(O)C(=O)C1=C2O. The standard InChI is InChI=1S/C32H36N4O9/c1-35(2)20-12-17(13-34-31(43)45-14-15-8-6-5-7-9-15)25(37)22-18(20)10-16-11-19-24(36(3)4)27(39)23(30(33)42)29(41)32(19,44)28(40)21(16)26(22)38/h5-9,12,16,19,24,37-38,41,44H,10-11,13-14H2,1-4H3,(H2,33,42)(H,34,43)/t16?,19?,24-,32-/m0/s1. The smallest absolute Gasteiger partial charge is 0.407 e. The Hall–Kier alpha value is -4.88. The summed E-state index contributed by atoms with van der Waals surface area (Å²) < 4.78 is 5.25. The van der Waals surface area contributed by atoms with Crippen molar-refractivity contribution in [1.82, 2.24) is 10.2 Å². The van der Waals surface area contributed by atoms with Crippen molar-refractivity contribution >= 4 is 35.0 Å². The Balaban J connectivity index is 1.55. The maximum atomic E-state index is 14.1. The predicted octanol–water partition coefficient (Wildman–Crippen LogP) is 1.46. The Labute approximate surface area is 259 Å². The van der Waals surface area contributed by atoms with E-state index < -0.39 is 69.9 Å². The second-order valence-electron chi connectivity index (χ2n) is 12.0. The molecule has 3 aliphatic rings. The lowest BCUT2D eigenvalue weighted by molar-refractivity contribution is -0.153. The van der Waals surface area contributed by atoms with Crippen LogP contribution in [0.5, 0.6) is 5.75 Å². The summed E-state index contributed by atoms with van der Waals surface area (Å²) in [6, 6.07) is 9.56. The van der Waals surface area contributed by atoms with Crippen molar-refractivity contribution in [3.63, 3.8) is 0 Å². The van der Waals surface area contributed by atoms with Crippen LogP contribution < -0.4 is 16.0 Å². The van der Waals surface area contributed by atoms with Gasteiger partial charge in [0.1, 0.15) is 29.4 Å². The molecule has 0 saturated heterocycles. The number of aliphatic hydroxyl groups excluding tert-OH is 2. The van der Waals surface area contributed by atoms with Gasteiger partial charge >= 0.3 is 6.09 Å². The fourth-order valence-electron chi connectivity index (χ4n) is 6.82. The average Bonchev–Trinajstić information content (AvgIpc) is 2.97. The number of amides is 2. The zero-order valence-corrected chi connectivity index (χ0v) is 25.3. The number of primary amides is 1. The minimum Gasteiger partial charge on any atom is -0.508 e. The first-order chi connectivity index (χ1) is 21.2. The highest BCUT2D eigenvalue weighted by molar-refractivity contribution is 6.24. The van der Waals surface area contributed by atoms with Crippen LogP contribution in [0.15, 0.2) is 53.3 Å². The molecule has 0 spiro atoms. The van der Waals surface area contributed by atoms with Crippen molar-refractivity contribution < 1.29 is 44.3 Å². The number of nitrogens with one attached hydrogen (secondary N) is 1. The first-order valence-electron chi connectivity index (χ1n) is 14.3. The number of fused-ring (bicyclic) bond motifs is 3. The Morgan fingerprint density at radius 2 is 1.76 bits per heavy atom. The molecule has 2 amide bonds. The number of phenolic OH excluding ortho intramolecular Hbond substituents is 1. The Morgan fingerprint density at radius 1 is 1.09 bits per heavy atom. The molecule has 1 fully saturated rings. The van der Waals surface area contributed by atoms with Gasteiger partial charge in [0.2, 0.25) is 5.78 Å². The van der Waals surface area contributed by atoms with Crippen LogP contribution in [-0.4, -0.2) is 88.7 Å². The summed E-state index contributed by atoms with van der Waals surface area (Å²) >= 11 is 0. The number of aliphatic hydroxyl groups is 3. The molecular formula is C32H36N4O9. The third kappa shape index (κ3) is 5.07. The van der Waals surface area contributed by atoms with Crippen LogP contribution >= 0.6 is 0 Å². The van der Waals surface area contributed by atoms with Crippen LogP contribution in [0.25, 0.3) is 5.76 Å². The van der Waals surface area contributed by atoms with Gasteiger partial charge in [0, 0.05) is 43.4 Å². The summed E-state index contributed by atoms with van der Waals surface area (Å²) in [5, 5.41) is 48.4. The van der Waals surface area contributed by atoms with Crippen LogP contribution in [0.3, 0.4) is 0 Å². The van der Waals surface area contributed by atoms with Gasteiger partial charge in [0.25, 0.3) is 5.91 Å². The van der Waals surface area contributed by atoms with E-state index in [-0.39, 0.29) is 42.7 Å². The van der Waals surface area contributed by atoms with Gasteiger partial charge in [-0.25, -0.2) is 4.79 Å². The van der Waals surface area contributed by atoms with E-state index in [1.54, 1.807) is 51.3 Å². The van der Waals surface area contributed by atoms with E-state index in [4.69, 9.17) is 10.5 Å². The summed E-state index contributed by atoms with van der Waals surface area (Å²) in [5.41, 5.74) is 3.57. The second-order valence-corrected chi connectivity index (χ2v) is 12.0. The molecule has 13 heteroatoms. The van der Waals surface area contributed by atoms with Crippen molar-refractivity contribution in [3.05, 3.63) is 75.6 Å². The molecule has 4 atom stereocenters. The molecule has 2 unspecified atom stereocenters. The molecule has 45 heavy (non-hydrogen) atoms. The number of hydrogen-bond donors (Lipinski definition) is 6. The highest BCUT2D eigenvalue weighted by Gasteiger charge is 2.64. The van der Waals surface area contributed by atoms with Gasteiger partial charge < -0.3 is 41.1 Å². The summed E-state index contributed by atoms with van der Waals surface area (Å²) in [6.45, 7) is -0.150. The molecule has 238 valence electrons.